The van der Waals surface area contributed by atoms with Gasteiger partial charge in [0, 0.05) is 25.0 Å². The van der Waals surface area contributed by atoms with Crippen LogP contribution in [0.4, 0.5) is 0 Å². The van der Waals surface area contributed by atoms with Crippen molar-refractivity contribution in [2.75, 3.05) is 13.1 Å². The normalized spacial score (nSPS) is 26.4. The smallest absolute Gasteiger partial charge is 0.323 e. The number of rotatable bonds is 5. The molecule has 2 saturated carbocycles. The molecule has 6 heteroatoms. The van der Waals surface area contributed by atoms with Crippen LogP contribution in [0.5, 0.6) is 0 Å². The van der Waals surface area contributed by atoms with E-state index < -0.39 is 5.97 Å². The van der Waals surface area contributed by atoms with Gasteiger partial charge in [-0.3, -0.25) is 14.4 Å². The molecule has 1 saturated heterocycles. The number of carbonyl (C=O) groups excluding carboxylic acids is 2. The van der Waals surface area contributed by atoms with Crippen LogP contribution >= 0.6 is 0 Å². The molecule has 1 heterocycles. The summed E-state index contributed by atoms with van der Waals surface area (Å²) in [6.07, 6.45) is 6.39. The third-order valence-electron chi connectivity index (χ3n) is 4.85. The quantitative estimate of drug-likeness (QED) is 0.815. The van der Waals surface area contributed by atoms with E-state index in [-0.39, 0.29) is 36.7 Å². The molecule has 0 radical (unpaired) electrons. The Labute approximate surface area is 124 Å². The summed E-state index contributed by atoms with van der Waals surface area (Å²) in [6, 6.07) is 0.369. The van der Waals surface area contributed by atoms with Gasteiger partial charge in [-0.15, -0.1) is 0 Å². The molecule has 21 heavy (non-hydrogen) atoms. The third kappa shape index (κ3) is 3.04. The van der Waals surface area contributed by atoms with E-state index in [2.05, 4.69) is 0 Å². The molecule has 3 fully saturated rings. The van der Waals surface area contributed by atoms with Crippen molar-refractivity contribution < 1.29 is 19.5 Å². The molecule has 1 atom stereocenters. The second-order valence-electron chi connectivity index (χ2n) is 6.48. The minimum Gasteiger partial charge on any atom is -0.480 e. The average Bonchev–Trinajstić information content (AvgIpc) is 2.98. The summed E-state index contributed by atoms with van der Waals surface area (Å²) < 4.78 is 0. The molecular weight excluding hydrogens is 272 g/mol. The predicted molar refractivity (Wildman–Crippen MR) is 74.4 cm³/mol. The van der Waals surface area contributed by atoms with Crippen LogP contribution in [0, 0.1) is 5.92 Å². The van der Waals surface area contributed by atoms with Crippen LogP contribution < -0.4 is 0 Å². The van der Waals surface area contributed by atoms with Crippen molar-refractivity contribution in [2.24, 2.45) is 5.92 Å². The van der Waals surface area contributed by atoms with Gasteiger partial charge in [0.2, 0.25) is 11.8 Å². The molecule has 0 unspecified atom stereocenters. The van der Waals surface area contributed by atoms with E-state index >= 15 is 0 Å². The molecule has 0 aromatic carbocycles. The number of hydrogen-bond donors (Lipinski definition) is 1. The highest BCUT2D eigenvalue weighted by Crippen LogP contribution is 2.33. The van der Waals surface area contributed by atoms with Gasteiger partial charge in [0.25, 0.3) is 0 Å². The number of carbonyl (C=O) groups is 3. The summed E-state index contributed by atoms with van der Waals surface area (Å²) in [5, 5.41) is 8.96. The van der Waals surface area contributed by atoms with Crippen molar-refractivity contribution >= 4 is 17.8 Å². The molecule has 0 spiro atoms. The van der Waals surface area contributed by atoms with Gasteiger partial charge in [0.1, 0.15) is 6.54 Å². The summed E-state index contributed by atoms with van der Waals surface area (Å²) in [7, 11) is 0. The SMILES string of the molecule is O=C(O)CN(C(=O)[C@H]1CC(=O)N(C2CCCC2)C1)C1CC1. The number of carboxylic acids is 1. The topological polar surface area (TPSA) is 77.9 Å². The van der Waals surface area contributed by atoms with Crippen molar-refractivity contribution in [2.45, 2.75) is 57.0 Å². The Hall–Kier alpha value is -1.59. The van der Waals surface area contributed by atoms with E-state index in [9.17, 15) is 14.4 Å². The van der Waals surface area contributed by atoms with Gasteiger partial charge >= 0.3 is 5.97 Å². The van der Waals surface area contributed by atoms with Crippen LogP contribution in [0.15, 0.2) is 0 Å². The Balaban J connectivity index is 1.64. The molecule has 1 aliphatic heterocycles. The highest BCUT2D eigenvalue weighted by atomic mass is 16.4. The lowest BCUT2D eigenvalue weighted by molar-refractivity contribution is -0.146. The number of hydrogen-bond acceptors (Lipinski definition) is 3. The van der Waals surface area contributed by atoms with E-state index in [1.165, 1.54) is 4.90 Å². The second kappa shape index (κ2) is 5.66. The molecule has 0 aromatic heterocycles. The summed E-state index contributed by atoms with van der Waals surface area (Å²) in [6.45, 7) is 0.239. The number of amides is 2. The molecule has 3 aliphatic rings. The summed E-state index contributed by atoms with van der Waals surface area (Å²) in [5.41, 5.74) is 0. The summed E-state index contributed by atoms with van der Waals surface area (Å²) >= 11 is 0. The fourth-order valence-corrected chi connectivity index (χ4v) is 3.62. The minimum atomic E-state index is -0.979. The lowest BCUT2D eigenvalue weighted by Crippen LogP contribution is -2.42. The van der Waals surface area contributed by atoms with Gasteiger partial charge in [0.05, 0.1) is 5.92 Å². The van der Waals surface area contributed by atoms with Gasteiger partial charge in [-0.2, -0.15) is 0 Å². The van der Waals surface area contributed by atoms with E-state index in [1.54, 1.807) is 0 Å². The summed E-state index contributed by atoms with van der Waals surface area (Å²) in [5.74, 6) is -1.41. The van der Waals surface area contributed by atoms with Gasteiger partial charge in [-0.25, -0.2) is 0 Å². The first-order chi connectivity index (χ1) is 10.1. The molecule has 0 aromatic rings. The zero-order valence-electron chi connectivity index (χ0n) is 12.2. The van der Waals surface area contributed by atoms with Crippen LogP contribution in [-0.2, 0) is 14.4 Å². The highest BCUT2D eigenvalue weighted by molar-refractivity contribution is 5.91. The van der Waals surface area contributed by atoms with Crippen LogP contribution in [0.2, 0.25) is 0 Å². The Morgan fingerprint density at radius 1 is 1.19 bits per heavy atom. The second-order valence-corrected chi connectivity index (χ2v) is 6.48. The Morgan fingerprint density at radius 2 is 1.86 bits per heavy atom. The number of nitrogens with zero attached hydrogens (tertiary/aromatic N) is 2. The zero-order chi connectivity index (χ0) is 15.0. The van der Waals surface area contributed by atoms with Gasteiger partial charge in [-0.05, 0) is 25.7 Å². The van der Waals surface area contributed by atoms with Crippen molar-refractivity contribution in [3.63, 3.8) is 0 Å². The van der Waals surface area contributed by atoms with Crippen LogP contribution in [0.25, 0.3) is 0 Å². The van der Waals surface area contributed by atoms with Crippen molar-refractivity contribution in [1.29, 1.82) is 0 Å². The molecule has 2 amide bonds. The van der Waals surface area contributed by atoms with Crippen LogP contribution in [-0.4, -0.2) is 57.9 Å². The number of carboxylic acid groups (broad SMARTS) is 1. The van der Waals surface area contributed by atoms with E-state index in [4.69, 9.17) is 5.11 Å². The lowest BCUT2D eigenvalue weighted by atomic mass is 10.1. The van der Waals surface area contributed by atoms with Crippen molar-refractivity contribution in [3.8, 4) is 0 Å². The molecule has 2 aliphatic carbocycles. The first kappa shape index (κ1) is 14.4. The fraction of sp³-hybridized carbons (Fsp3) is 0.800. The number of aliphatic carboxylic acids is 1. The van der Waals surface area contributed by atoms with Crippen molar-refractivity contribution in [1.82, 2.24) is 9.80 Å². The largest absolute Gasteiger partial charge is 0.480 e. The van der Waals surface area contributed by atoms with Gasteiger partial charge in [-0.1, -0.05) is 12.8 Å². The molecule has 6 nitrogen and oxygen atoms in total. The average molecular weight is 294 g/mol. The van der Waals surface area contributed by atoms with Crippen LogP contribution in [0.1, 0.15) is 44.9 Å². The maximum Gasteiger partial charge on any atom is 0.323 e. The summed E-state index contributed by atoms with van der Waals surface area (Å²) in [4.78, 5) is 39.0. The van der Waals surface area contributed by atoms with Crippen LogP contribution in [0.3, 0.4) is 0 Å². The maximum atomic E-state index is 12.6. The Bertz CT molecular complexity index is 455. The Kier molecular flexibility index (Phi) is 3.87. The van der Waals surface area contributed by atoms with E-state index in [0.29, 0.717) is 12.6 Å². The van der Waals surface area contributed by atoms with Gasteiger partial charge in [0.15, 0.2) is 0 Å². The molecule has 3 rings (SSSR count). The van der Waals surface area contributed by atoms with E-state index in [1.807, 2.05) is 4.90 Å². The lowest BCUT2D eigenvalue weighted by Gasteiger charge is -2.26. The highest BCUT2D eigenvalue weighted by Gasteiger charge is 2.43. The van der Waals surface area contributed by atoms with Crippen molar-refractivity contribution in [3.05, 3.63) is 0 Å². The monoisotopic (exact) mass is 294 g/mol. The third-order valence-corrected chi connectivity index (χ3v) is 4.85. The molecule has 116 valence electrons. The molecule has 0 bridgehead atoms. The maximum absolute atomic E-state index is 12.6. The first-order valence-electron chi connectivity index (χ1n) is 7.88. The fourth-order valence-electron chi connectivity index (χ4n) is 3.62. The standard InChI is InChI=1S/C15H22N2O4/c18-13-7-10(8-16(13)11-3-1-2-4-11)15(21)17(9-14(19)20)12-5-6-12/h10-12H,1-9H2,(H,19,20)/t10-/m0/s1. The zero-order valence-corrected chi connectivity index (χ0v) is 12.2. The number of likely N-dealkylation sites (tertiary alicyclic amines) is 1. The van der Waals surface area contributed by atoms with E-state index in [0.717, 1.165) is 38.5 Å². The minimum absolute atomic E-state index is 0.0614. The van der Waals surface area contributed by atoms with Gasteiger partial charge < -0.3 is 14.9 Å². The Morgan fingerprint density at radius 3 is 2.43 bits per heavy atom. The first-order valence-corrected chi connectivity index (χ1v) is 7.88. The predicted octanol–water partition coefficient (Wildman–Crippen LogP) is 0.853. The molecular formula is C15H22N2O4. The molecule has 1 N–H and O–H groups in total.